The van der Waals surface area contributed by atoms with Gasteiger partial charge >= 0.3 is 0 Å². The van der Waals surface area contributed by atoms with Crippen molar-refractivity contribution < 1.29 is 0 Å². The van der Waals surface area contributed by atoms with Crippen LogP contribution in [-0.2, 0) is 14.1 Å². The molecule has 0 aliphatic rings. The Bertz CT molecular complexity index is 3440. The highest BCUT2D eigenvalue weighted by atomic mass is 15.0. The fourth-order valence-corrected chi connectivity index (χ4v) is 9.25. The van der Waals surface area contributed by atoms with Crippen LogP contribution in [-0.4, -0.2) is 9.13 Å². The fraction of sp³-hybridized carbons (Fsp3) is 0.0385. The number of fused-ring (bicyclic) bond motifs is 12. The van der Waals surface area contributed by atoms with E-state index in [0.29, 0.717) is 0 Å². The first-order chi connectivity index (χ1) is 26.5. The lowest BCUT2D eigenvalue weighted by Crippen LogP contribution is -1.93. The van der Waals surface area contributed by atoms with Gasteiger partial charge in [0.25, 0.3) is 0 Å². The fourth-order valence-electron chi connectivity index (χ4n) is 9.25. The second kappa shape index (κ2) is 11.3. The second-order valence-electron chi connectivity index (χ2n) is 14.8. The predicted octanol–water partition coefficient (Wildman–Crippen LogP) is 14.2. The molecule has 0 atom stereocenters. The van der Waals surface area contributed by atoms with Crippen LogP contribution in [0.15, 0.2) is 159 Å². The molecule has 0 saturated heterocycles. The van der Waals surface area contributed by atoms with Crippen LogP contribution >= 0.6 is 0 Å². The first-order valence-corrected chi connectivity index (χ1v) is 18.6. The first-order valence-electron chi connectivity index (χ1n) is 18.6. The third-order valence-electron chi connectivity index (χ3n) is 12.0. The van der Waals surface area contributed by atoms with E-state index < -0.39 is 0 Å². The molecule has 2 heteroatoms. The van der Waals surface area contributed by atoms with Crippen LogP contribution < -0.4 is 0 Å². The quantitative estimate of drug-likeness (QED) is 0.129. The lowest BCUT2D eigenvalue weighted by Gasteiger charge is -2.12. The van der Waals surface area contributed by atoms with Gasteiger partial charge in [-0.3, -0.25) is 0 Å². The Morgan fingerprint density at radius 1 is 0.352 bits per heavy atom. The summed E-state index contributed by atoms with van der Waals surface area (Å²) in [5, 5.41) is 17.6. The average molecular weight is 689 g/mol. The van der Waals surface area contributed by atoms with E-state index in [4.69, 9.17) is 0 Å². The summed E-state index contributed by atoms with van der Waals surface area (Å²) in [7, 11) is 4.41. The van der Waals surface area contributed by atoms with Crippen molar-refractivity contribution in [3.8, 4) is 22.5 Å². The van der Waals surface area contributed by atoms with E-state index in [1.807, 2.05) is 12.2 Å². The van der Waals surface area contributed by atoms with E-state index in [1.165, 1.54) is 109 Å². The molecule has 0 radical (unpaired) electrons. The standard InChI is InChI=1S/C52H36N2/c1-5-31-23-35-11-13-37(27-41(35)24-32(31)6-2)49-29-39-15-17-45-43-20-22-48-46(44(43)19-21-47(45)51(39)53(49)3)18-16-40-30-50(54(4)52(40)48)38-14-12-36-25-33-9-7-8-10-34(33)26-42(36)28-38/h5-30H,1-2H2,3-4H3. The normalized spacial score (nSPS) is 12.0. The molecule has 0 unspecified atom stereocenters. The molecular formula is C52H36N2. The van der Waals surface area contributed by atoms with Gasteiger partial charge in [-0.2, -0.15) is 0 Å². The summed E-state index contributed by atoms with van der Waals surface area (Å²) < 4.78 is 4.74. The van der Waals surface area contributed by atoms with E-state index in [1.54, 1.807) is 0 Å². The molecule has 11 rings (SSSR count). The van der Waals surface area contributed by atoms with Crippen LogP contribution in [0.3, 0.4) is 0 Å². The van der Waals surface area contributed by atoms with Crippen molar-refractivity contribution in [2.75, 3.05) is 0 Å². The summed E-state index contributed by atoms with van der Waals surface area (Å²) >= 11 is 0. The molecule has 0 amide bonds. The molecule has 254 valence electrons. The molecule has 11 aromatic rings. The number of aromatic nitrogens is 2. The molecule has 0 saturated carbocycles. The van der Waals surface area contributed by atoms with Gasteiger partial charge in [-0.1, -0.05) is 122 Å². The van der Waals surface area contributed by atoms with Crippen molar-refractivity contribution in [3.05, 3.63) is 170 Å². The lowest BCUT2D eigenvalue weighted by molar-refractivity contribution is 0.982. The van der Waals surface area contributed by atoms with Gasteiger partial charge in [-0.15, -0.1) is 0 Å². The molecule has 9 aromatic carbocycles. The zero-order valence-corrected chi connectivity index (χ0v) is 30.3. The lowest BCUT2D eigenvalue weighted by atomic mass is 9.95. The Morgan fingerprint density at radius 2 is 0.722 bits per heavy atom. The van der Waals surface area contributed by atoms with E-state index in [9.17, 15) is 0 Å². The molecule has 0 fully saturated rings. The summed E-state index contributed by atoms with van der Waals surface area (Å²) in [6, 6.07) is 54.5. The highest BCUT2D eigenvalue weighted by molar-refractivity contribution is 6.25. The Balaban J connectivity index is 1.04. The largest absolute Gasteiger partial charge is 0.343 e. The summed E-state index contributed by atoms with van der Waals surface area (Å²) in [6.07, 6.45) is 3.81. The molecule has 0 spiro atoms. The topological polar surface area (TPSA) is 9.86 Å². The summed E-state index contributed by atoms with van der Waals surface area (Å²) in [5.74, 6) is 0. The predicted molar refractivity (Wildman–Crippen MR) is 235 cm³/mol. The Labute approximate surface area is 313 Å². The molecule has 0 N–H and O–H groups in total. The first kappa shape index (κ1) is 30.7. The van der Waals surface area contributed by atoms with Crippen LogP contribution in [0.1, 0.15) is 11.1 Å². The molecule has 2 nitrogen and oxygen atoms in total. The van der Waals surface area contributed by atoms with Gasteiger partial charge in [-0.05, 0) is 125 Å². The van der Waals surface area contributed by atoms with Crippen LogP contribution in [0.2, 0.25) is 0 Å². The third kappa shape index (κ3) is 4.34. The summed E-state index contributed by atoms with van der Waals surface area (Å²) in [5.41, 5.74) is 9.58. The zero-order valence-electron chi connectivity index (χ0n) is 30.3. The van der Waals surface area contributed by atoms with Crippen LogP contribution in [0.25, 0.3) is 121 Å². The smallest absolute Gasteiger partial charge is 0.0562 e. The van der Waals surface area contributed by atoms with E-state index in [2.05, 4.69) is 182 Å². The van der Waals surface area contributed by atoms with Crippen molar-refractivity contribution in [1.29, 1.82) is 0 Å². The number of hydrogen-bond donors (Lipinski definition) is 0. The van der Waals surface area contributed by atoms with Gasteiger partial charge in [0.1, 0.15) is 0 Å². The monoisotopic (exact) mass is 688 g/mol. The van der Waals surface area contributed by atoms with Gasteiger partial charge in [-0.25, -0.2) is 0 Å². The van der Waals surface area contributed by atoms with Gasteiger partial charge in [0.2, 0.25) is 0 Å². The Kier molecular flexibility index (Phi) is 6.42. The van der Waals surface area contributed by atoms with Crippen LogP contribution in [0.4, 0.5) is 0 Å². The Hall–Kier alpha value is -6.90. The minimum absolute atomic E-state index is 1.10. The zero-order chi connectivity index (χ0) is 36.2. The second-order valence-corrected chi connectivity index (χ2v) is 14.8. The highest BCUT2D eigenvalue weighted by Crippen LogP contribution is 2.41. The van der Waals surface area contributed by atoms with Crippen molar-refractivity contribution in [1.82, 2.24) is 9.13 Å². The third-order valence-corrected chi connectivity index (χ3v) is 12.0. The molecule has 0 bridgehead atoms. The molecule has 0 aliphatic carbocycles. The maximum Gasteiger partial charge on any atom is 0.0562 e. The summed E-state index contributed by atoms with van der Waals surface area (Å²) in [6.45, 7) is 8.02. The molecular weight excluding hydrogens is 653 g/mol. The molecule has 54 heavy (non-hydrogen) atoms. The number of benzene rings is 9. The minimum atomic E-state index is 1.10. The summed E-state index contributed by atoms with van der Waals surface area (Å²) in [4.78, 5) is 0. The average Bonchev–Trinajstić information content (AvgIpc) is 3.74. The molecule has 2 aromatic heterocycles. The SMILES string of the molecule is C=Cc1cc2ccc(-c3cc4ccc5c6ccc7c(ccc8cc(-c9ccc%10cc%11ccccc%11cc%10c9)n(C)c87)c6ccc5c4n3C)cc2cc1C=C. The van der Waals surface area contributed by atoms with Crippen LogP contribution in [0.5, 0.6) is 0 Å². The molecule has 0 aliphatic heterocycles. The van der Waals surface area contributed by atoms with Crippen LogP contribution in [0, 0.1) is 0 Å². The number of nitrogens with zero attached hydrogens (tertiary/aromatic N) is 2. The number of hydrogen-bond acceptors (Lipinski definition) is 0. The Morgan fingerprint density at radius 3 is 1.24 bits per heavy atom. The van der Waals surface area contributed by atoms with Gasteiger partial charge in [0.15, 0.2) is 0 Å². The van der Waals surface area contributed by atoms with Crippen molar-refractivity contribution in [3.63, 3.8) is 0 Å². The van der Waals surface area contributed by atoms with E-state index in [0.717, 1.165) is 11.1 Å². The molecule has 2 heterocycles. The van der Waals surface area contributed by atoms with E-state index >= 15 is 0 Å². The van der Waals surface area contributed by atoms with Gasteiger partial charge < -0.3 is 9.13 Å². The van der Waals surface area contributed by atoms with Gasteiger partial charge in [0, 0.05) is 47.0 Å². The maximum atomic E-state index is 4.03. The highest BCUT2D eigenvalue weighted by Gasteiger charge is 2.17. The van der Waals surface area contributed by atoms with E-state index in [-0.39, 0.29) is 0 Å². The number of rotatable bonds is 4. The van der Waals surface area contributed by atoms with Gasteiger partial charge in [0.05, 0.1) is 11.0 Å². The minimum Gasteiger partial charge on any atom is -0.343 e. The van der Waals surface area contributed by atoms with Crippen molar-refractivity contribution >= 4 is 98.6 Å². The maximum absolute atomic E-state index is 4.03. The number of aryl methyl sites for hydroxylation is 2. The van der Waals surface area contributed by atoms with Crippen molar-refractivity contribution in [2.45, 2.75) is 0 Å². The van der Waals surface area contributed by atoms with Crippen molar-refractivity contribution in [2.24, 2.45) is 14.1 Å².